The van der Waals surface area contributed by atoms with Crippen LogP contribution in [0.3, 0.4) is 0 Å². The quantitative estimate of drug-likeness (QED) is 0.0345. The standard InChI is InChI=1S/C53H102O6/c1-4-7-10-13-16-19-22-24-26-27-29-32-35-38-41-44-47-53(56)59-50(48-57-51(54)45-42-39-36-33-30-21-18-15-12-9-6-3)49-58-52(55)46-43-40-37-34-31-28-25-23-20-17-14-11-8-5-2/h50H,4-49H2,1-3H3/t50-/m0/s1. The van der Waals surface area contributed by atoms with Gasteiger partial charge in [-0.15, -0.1) is 0 Å². The molecule has 350 valence electrons. The van der Waals surface area contributed by atoms with Crippen molar-refractivity contribution in [2.24, 2.45) is 0 Å². The molecule has 0 fully saturated rings. The van der Waals surface area contributed by atoms with Crippen LogP contribution in [0.4, 0.5) is 0 Å². The molecule has 0 aromatic heterocycles. The zero-order valence-electron chi connectivity index (χ0n) is 40.1. The summed E-state index contributed by atoms with van der Waals surface area (Å²) in [6.45, 7) is 6.68. The lowest BCUT2D eigenvalue weighted by atomic mass is 10.0. The molecular formula is C53H102O6. The van der Waals surface area contributed by atoms with Gasteiger partial charge in [0.05, 0.1) is 0 Å². The van der Waals surface area contributed by atoms with Crippen LogP contribution in [-0.2, 0) is 28.6 Å². The molecule has 0 N–H and O–H groups in total. The summed E-state index contributed by atoms with van der Waals surface area (Å²) in [5.74, 6) is -0.839. The molecule has 0 aliphatic carbocycles. The first-order chi connectivity index (χ1) is 29.0. The molecule has 0 rings (SSSR count). The summed E-state index contributed by atoms with van der Waals surface area (Å²) in [7, 11) is 0. The molecule has 0 unspecified atom stereocenters. The second-order valence-electron chi connectivity index (χ2n) is 18.2. The Hall–Kier alpha value is -1.59. The highest BCUT2D eigenvalue weighted by atomic mass is 16.6. The number of rotatable bonds is 49. The highest BCUT2D eigenvalue weighted by Gasteiger charge is 2.19. The fourth-order valence-corrected chi connectivity index (χ4v) is 8.09. The third-order valence-electron chi connectivity index (χ3n) is 12.1. The van der Waals surface area contributed by atoms with Crippen LogP contribution in [0.2, 0.25) is 0 Å². The predicted octanol–water partition coefficient (Wildman–Crippen LogP) is 17.2. The summed E-state index contributed by atoms with van der Waals surface area (Å²) in [6, 6.07) is 0. The Bertz CT molecular complexity index is 874. The van der Waals surface area contributed by atoms with Crippen molar-refractivity contribution in [2.75, 3.05) is 13.2 Å². The zero-order valence-corrected chi connectivity index (χ0v) is 40.1. The number of carbonyl (C=O) groups is 3. The molecule has 59 heavy (non-hydrogen) atoms. The second-order valence-corrected chi connectivity index (χ2v) is 18.2. The molecule has 0 saturated heterocycles. The van der Waals surface area contributed by atoms with Crippen molar-refractivity contribution < 1.29 is 28.6 Å². The number of esters is 3. The van der Waals surface area contributed by atoms with Gasteiger partial charge in [0, 0.05) is 19.3 Å². The molecule has 0 aliphatic heterocycles. The van der Waals surface area contributed by atoms with Gasteiger partial charge in [0.2, 0.25) is 0 Å². The Labute approximate surface area is 368 Å². The van der Waals surface area contributed by atoms with Gasteiger partial charge in [0.15, 0.2) is 6.10 Å². The summed E-state index contributed by atoms with van der Waals surface area (Å²) in [6.07, 6.45) is 52.2. The second kappa shape index (κ2) is 49.1. The average Bonchev–Trinajstić information content (AvgIpc) is 3.23. The lowest BCUT2D eigenvalue weighted by molar-refractivity contribution is -0.167. The van der Waals surface area contributed by atoms with Gasteiger partial charge in [-0.3, -0.25) is 14.4 Å². The minimum absolute atomic E-state index is 0.0616. The largest absolute Gasteiger partial charge is 0.462 e. The third-order valence-corrected chi connectivity index (χ3v) is 12.1. The Morgan fingerprint density at radius 2 is 0.458 bits per heavy atom. The topological polar surface area (TPSA) is 78.9 Å². The molecule has 0 radical (unpaired) electrons. The first-order valence-corrected chi connectivity index (χ1v) is 26.5. The Morgan fingerprint density at radius 3 is 0.678 bits per heavy atom. The van der Waals surface area contributed by atoms with E-state index in [1.54, 1.807) is 0 Å². The van der Waals surface area contributed by atoms with Gasteiger partial charge in [-0.05, 0) is 19.3 Å². The highest BCUT2D eigenvalue weighted by Crippen LogP contribution is 2.17. The van der Waals surface area contributed by atoms with E-state index in [2.05, 4.69) is 20.8 Å². The van der Waals surface area contributed by atoms with Crippen molar-refractivity contribution in [3.8, 4) is 0 Å². The van der Waals surface area contributed by atoms with E-state index in [0.29, 0.717) is 19.3 Å². The first kappa shape index (κ1) is 57.4. The zero-order chi connectivity index (χ0) is 43.0. The fraction of sp³-hybridized carbons (Fsp3) is 0.943. The van der Waals surface area contributed by atoms with Gasteiger partial charge >= 0.3 is 17.9 Å². The summed E-state index contributed by atoms with van der Waals surface area (Å²) in [5.41, 5.74) is 0. The van der Waals surface area contributed by atoms with Crippen LogP contribution in [0.5, 0.6) is 0 Å². The Morgan fingerprint density at radius 1 is 0.271 bits per heavy atom. The van der Waals surface area contributed by atoms with Gasteiger partial charge < -0.3 is 14.2 Å². The summed E-state index contributed by atoms with van der Waals surface area (Å²) in [5, 5.41) is 0. The lowest BCUT2D eigenvalue weighted by Gasteiger charge is -2.18. The maximum atomic E-state index is 12.8. The van der Waals surface area contributed by atoms with E-state index in [0.717, 1.165) is 57.8 Å². The number of hydrogen-bond acceptors (Lipinski definition) is 6. The number of unbranched alkanes of at least 4 members (excludes halogenated alkanes) is 38. The Kier molecular flexibility index (Phi) is 47.7. The van der Waals surface area contributed by atoms with E-state index in [-0.39, 0.29) is 31.1 Å². The molecule has 6 heteroatoms. The molecule has 0 heterocycles. The minimum atomic E-state index is -0.759. The molecule has 0 aromatic carbocycles. The van der Waals surface area contributed by atoms with E-state index in [1.165, 1.54) is 205 Å². The van der Waals surface area contributed by atoms with Crippen molar-refractivity contribution in [1.29, 1.82) is 0 Å². The van der Waals surface area contributed by atoms with Gasteiger partial charge in [0.25, 0.3) is 0 Å². The van der Waals surface area contributed by atoms with Crippen LogP contribution in [0, 0.1) is 0 Å². The predicted molar refractivity (Wildman–Crippen MR) is 252 cm³/mol. The summed E-state index contributed by atoms with van der Waals surface area (Å²) < 4.78 is 16.8. The number of carbonyl (C=O) groups excluding carboxylic acids is 3. The van der Waals surface area contributed by atoms with Crippen LogP contribution in [0.1, 0.15) is 303 Å². The third kappa shape index (κ3) is 47.3. The van der Waals surface area contributed by atoms with E-state index >= 15 is 0 Å². The summed E-state index contributed by atoms with van der Waals surface area (Å²) in [4.78, 5) is 37.9. The molecule has 0 spiro atoms. The smallest absolute Gasteiger partial charge is 0.306 e. The van der Waals surface area contributed by atoms with Crippen molar-refractivity contribution in [3.63, 3.8) is 0 Å². The van der Waals surface area contributed by atoms with Crippen LogP contribution in [-0.4, -0.2) is 37.2 Å². The van der Waals surface area contributed by atoms with Gasteiger partial charge in [0.1, 0.15) is 13.2 Å². The van der Waals surface area contributed by atoms with Gasteiger partial charge in [-0.2, -0.15) is 0 Å². The molecule has 0 aliphatic rings. The van der Waals surface area contributed by atoms with Crippen LogP contribution in [0.25, 0.3) is 0 Å². The number of ether oxygens (including phenoxy) is 3. The van der Waals surface area contributed by atoms with E-state index in [1.807, 2.05) is 0 Å². The van der Waals surface area contributed by atoms with Crippen molar-refractivity contribution in [1.82, 2.24) is 0 Å². The van der Waals surface area contributed by atoms with Crippen LogP contribution in [0.15, 0.2) is 0 Å². The maximum absolute atomic E-state index is 12.8. The lowest BCUT2D eigenvalue weighted by Crippen LogP contribution is -2.30. The maximum Gasteiger partial charge on any atom is 0.306 e. The van der Waals surface area contributed by atoms with Crippen molar-refractivity contribution >= 4 is 17.9 Å². The van der Waals surface area contributed by atoms with E-state index < -0.39 is 6.10 Å². The van der Waals surface area contributed by atoms with E-state index in [9.17, 15) is 14.4 Å². The molecule has 0 bridgehead atoms. The fourth-order valence-electron chi connectivity index (χ4n) is 8.09. The van der Waals surface area contributed by atoms with Crippen LogP contribution < -0.4 is 0 Å². The van der Waals surface area contributed by atoms with Crippen molar-refractivity contribution in [2.45, 2.75) is 309 Å². The average molecular weight is 835 g/mol. The molecule has 0 amide bonds. The van der Waals surface area contributed by atoms with E-state index in [4.69, 9.17) is 14.2 Å². The molecular weight excluding hydrogens is 733 g/mol. The van der Waals surface area contributed by atoms with Crippen LogP contribution >= 0.6 is 0 Å². The van der Waals surface area contributed by atoms with Gasteiger partial charge in [-0.1, -0.05) is 265 Å². The molecule has 6 nitrogen and oxygen atoms in total. The first-order valence-electron chi connectivity index (χ1n) is 26.5. The molecule has 0 aromatic rings. The SMILES string of the molecule is CCCCCCCCCCCCCCCCCCC(=O)O[C@@H](COC(=O)CCCCCCCCCCCCC)COC(=O)CCCCCCCCCCCCCCCC. The molecule has 0 saturated carbocycles. The minimum Gasteiger partial charge on any atom is -0.462 e. The summed E-state index contributed by atoms with van der Waals surface area (Å²) >= 11 is 0. The molecule has 1 atom stereocenters. The normalized spacial score (nSPS) is 11.8. The highest BCUT2D eigenvalue weighted by molar-refractivity contribution is 5.71. The monoisotopic (exact) mass is 835 g/mol. The van der Waals surface area contributed by atoms with Gasteiger partial charge in [-0.25, -0.2) is 0 Å². The Balaban J connectivity index is 4.29. The number of hydrogen-bond donors (Lipinski definition) is 0. The van der Waals surface area contributed by atoms with Crippen molar-refractivity contribution in [3.05, 3.63) is 0 Å².